The zero-order valence-electron chi connectivity index (χ0n) is 25.5. The maximum absolute atomic E-state index is 2.51. The van der Waals surface area contributed by atoms with E-state index in [2.05, 4.69) is 158 Å². The fourth-order valence-electron chi connectivity index (χ4n) is 7.87. The van der Waals surface area contributed by atoms with E-state index in [1.165, 1.54) is 90.4 Å². The predicted molar refractivity (Wildman–Crippen MR) is 202 cm³/mol. The monoisotopic (exact) mass is 623 g/mol. The maximum atomic E-state index is 2.51. The molecule has 0 aliphatic heterocycles. The lowest BCUT2D eigenvalue weighted by atomic mass is 9.82. The molecule has 2 heterocycles. The molecule has 3 heteroatoms. The molecule has 0 bridgehead atoms. The van der Waals surface area contributed by atoms with Gasteiger partial charge in [-0.1, -0.05) is 111 Å². The number of benzene rings is 7. The minimum absolute atomic E-state index is 0.0828. The SMILES string of the molecule is CC1(C)c2ccccc2-c2ccc(N(c3ccc4c(c3)sc3ccccc34)c3cc4sc5ccccc5c4c4ccccc34)cc21. The van der Waals surface area contributed by atoms with E-state index in [0.29, 0.717) is 0 Å². The van der Waals surface area contributed by atoms with Crippen molar-refractivity contribution in [3.63, 3.8) is 0 Å². The first kappa shape index (κ1) is 26.3. The number of hydrogen-bond acceptors (Lipinski definition) is 3. The smallest absolute Gasteiger partial charge is 0.0554 e. The maximum Gasteiger partial charge on any atom is 0.0554 e. The summed E-state index contributed by atoms with van der Waals surface area (Å²) in [4.78, 5) is 2.51. The van der Waals surface area contributed by atoms with E-state index < -0.39 is 0 Å². The molecule has 10 rings (SSSR count). The molecule has 0 amide bonds. The summed E-state index contributed by atoms with van der Waals surface area (Å²) in [6, 6.07) is 52.1. The Morgan fingerprint density at radius 2 is 1.02 bits per heavy atom. The van der Waals surface area contributed by atoms with Gasteiger partial charge in [0.1, 0.15) is 0 Å². The van der Waals surface area contributed by atoms with Gasteiger partial charge in [-0.3, -0.25) is 0 Å². The molecule has 46 heavy (non-hydrogen) atoms. The molecule has 0 saturated heterocycles. The first-order valence-corrected chi connectivity index (χ1v) is 17.5. The number of hydrogen-bond donors (Lipinski definition) is 0. The van der Waals surface area contributed by atoms with Crippen molar-refractivity contribution in [1.82, 2.24) is 0 Å². The van der Waals surface area contributed by atoms with Crippen LogP contribution in [0.4, 0.5) is 17.1 Å². The third-order valence-corrected chi connectivity index (χ3v) is 12.3. The highest BCUT2D eigenvalue weighted by Gasteiger charge is 2.36. The standard InChI is InChI=1S/C43H29NS2/c1-43(2)35-16-8-5-11-28(35)29-21-19-26(23-36(29)43)44(27-20-22-32-31-13-6-9-17-38(31)45-40(32)24-27)37-25-41-42(33-14-4-3-12-30(33)37)34-15-7-10-18-39(34)46-41/h3-25H,1-2H3. The lowest BCUT2D eigenvalue weighted by Crippen LogP contribution is -2.16. The third-order valence-electron chi connectivity index (χ3n) is 10.0. The Morgan fingerprint density at radius 3 is 1.87 bits per heavy atom. The third kappa shape index (κ3) is 3.61. The van der Waals surface area contributed by atoms with Crippen LogP contribution in [-0.4, -0.2) is 0 Å². The molecular formula is C43H29NS2. The van der Waals surface area contributed by atoms with E-state index in [9.17, 15) is 0 Å². The molecule has 0 saturated carbocycles. The summed E-state index contributed by atoms with van der Waals surface area (Å²) in [7, 11) is 0. The van der Waals surface area contributed by atoms with Crippen molar-refractivity contribution in [2.45, 2.75) is 19.3 Å². The van der Waals surface area contributed by atoms with Crippen LogP contribution in [0, 0.1) is 0 Å². The highest BCUT2D eigenvalue weighted by atomic mass is 32.1. The van der Waals surface area contributed by atoms with Gasteiger partial charge in [0.05, 0.1) is 5.69 Å². The molecule has 0 spiro atoms. The molecule has 0 atom stereocenters. The lowest BCUT2D eigenvalue weighted by Gasteiger charge is -2.29. The quantitative estimate of drug-likeness (QED) is 0.189. The van der Waals surface area contributed by atoms with Crippen molar-refractivity contribution in [2.75, 3.05) is 4.90 Å². The molecule has 0 N–H and O–H groups in total. The number of nitrogens with zero attached hydrogens (tertiary/aromatic N) is 1. The van der Waals surface area contributed by atoms with Crippen LogP contribution in [0.1, 0.15) is 25.0 Å². The average molecular weight is 624 g/mol. The van der Waals surface area contributed by atoms with Gasteiger partial charge in [0.2, 0.25) is 0 Å². The summed E-state index contributed by atoms with van der Waals surface area (Å²) in [6.07, 6.45) is 0. The van der Waals surface area contributed by atoms with Crippen LogP contribution >= 0.6 is 22.7 Å². The van der Waals surface area contributed by atoms with E-state index in [-0.39, 0.29) is 5.41 Å². The Morgan fingerprint density at radius 1 is 0.435 bits per heavy atom. The second-order valence-corrected chi connectivity index (χ2v) is 15.1. The van der Waals surface area contributed by atoms with Crippen molar-refractivity contribution in [3.8, 4) is 11.1 Å². The van der Waals surface area contributed by atoms with Crippen molar-refractivity contribution in [2.24, 2.45) is 0 Å². The highest BCUT2D eigenvalue weighted by Crippen LogP contribution is 2.52. The van der Waals surface area contributed by atoms with Gasteiger partial charge in [-0.05, 0) is 70.1 Å². The second kappa shape index (κ2) is 9.53. The largest absolute Gasteiger partial charge is 0.310 e. The van der Waals surface area contributed by atoms with Crippen LogP contribution in [0.5, 0.6) is 0 Å². The Hall–Kier alpha value is -4.96. The Kier molecular flexibility index (Phi) is 5.44. The Balaban J connectivity index is 1.28. The molecule has 0 fully saturated rings. The van der Waals surface area contributed by atoms with Gasteiger partial charge in [-0.25, -0.2) is 0 Å². The summed E-state index contributed by atoms with van der Waals surface area (Å²) in [6.45, 7) is 4.74. The fraction of sp³-hybridized carbons (Fsp3) is 0.0698. The number of fused-ring (bicyclic) bond motifs is 11. The summed E-state index contributed by atoms with van der Waals surface area (Å²) in [5.74, 6) is 0. The predicted octanol–water partition coefficient (Wildman–Crippen LogP) is 13.4. The minimum atomic E-state index is -0.0828. The molecule has 0 radical (unpaired) electrons. The summed E-state index contributed by atoms with van der Waals surface area (Å²) in [5.41, 5.74) is 8.97. The summed E-state index contributed by atoms with van der Waals surface area (Å²) < 4.78 is 5.28. The molecule has 0 unspecified atom stereocenters. The lowest BCUT2D eigenvalue weighted by molar-refractivity contribution is 0.660. The normalized spacial score (nSPS) is 13.6. The van der Waals surface area contributed by atoms with E-state index in [0.717, 1.165) is 0 Å². The zero-order valence-corrected chi connectivity index (χ0v) is 27.2. The second-order valence-electron chi connectivity index (χ2n) is 12.9. The van der Waals surface area contributed by atoms with E-state index >= 15 is 0 Å². The van der Waals surface area contributed by atoms with Gasteiger partial charge >= 0.3 is 0 Å². The molecule has 218 valence electrons. The Labute approximate surface area is 275 Å². The van der Waals surface area contributed by atoms with Crippen molar-refractivity contribution < 1.29 is 0 Å². The zero-order chi connectivity index (χ0) is 30.6. The van der Waals surface area contributed by atoms with Gasteiger partial charge < -0.3 is 4.90 Å². The van der Waals surface area contributed by atoms with Crippen LogP contribution in [0.3, 0.4) is 0 Å². The minimum Gasteiger partial charge on any atom is -0.310 e. The first-order chi connectivity index (χ1) is 22.6. The summed E-state index contributed by atoms with van der Waals surface area (Å²) >= 11 is 3.77. The highest BCUT2D eigenvalue weighted by molar-refractivity contribution is 7.26. The molecule has 1 nitrogen and oxygen atoms in total. The van der Waals surface area contributed by atoms with Gasteiger partial charge in [0, 0.05) is 62.5 Å². The number of thiophene rings is 2. The van der Waals surface area contributed by atoms with Gasteiger partial charge in [-0.15, -0.1) is 22.7 Å². The van der Waals surface area contributed by atoms with E-state index in [4.69, 9.17) is 0 Å². The van der Waals surface area contributed by atoms with Crippen molar-refractivity contribution in [1.29, 1.82) is 0 Å². The van der Waals surface area contributed by atoms with Crippen molar-refractivity contribution >= 4 is 90.9 Å². The molecule has 7 aromatic carbocycles. The van der Waals surface area contributed by atoms with Crippen LogP contribution < -0.4 is 4.90 Å². The number of rotatable bonds is 3. The molecule has 9 aromatic rings. The molecule has 1 aliphatic carbocycles. The average Bonchev–Trinajstić information content (AvgIpc) is 3.73. The topological polar surface area (TPSA) is 3.24 Å². The van der Waals surface area contributed by atoms with E-state index in [1.54, 1.807) is 0 Å². The summed E-state index contributed by atoms with van der Waals surface area (Å²) in [5, 5.41) is 7.90. The fourth-order valence-corrected chi connectivity index (χ4v) is 10.2. The molecular weight excluding hydrogens is 595 g/mol. The van der Waals surface area contributed by atoms with Crippen molar-refractivity contribution in [3.05, 3.63) is 151 Å². The first-order valence-electron chi connectivity index (χ1n) is 15.9. The van der Waals surface area contributed by atoms with Crippen LogP contribution in [0.2, 0.25) is 0 Å². The molecule has 1 aliphatic rings. The molecule has 2 aromatic heterocycles. The van der Waals surface area contributed by atoms with Gasteiger partial charge in [0.25, 0.3) is 0 Å². The van der Waals surface area contributed by atoms with Crippen LogP contribution in [0.25, 0.3) is 62.2 Å². The Bertz CT molecular complexity index is 2690. The van der Waals surface area contributed by atoms with Crippen LogP contribution in [0.15, 0.2) is 140 Å². The van der Waals surface area contributed by atoms with Gasteiger partial charge in [0.15, 0.2) is 0 Å². The van der Waals surface area contributed by atoms with Crippen LogP contribution in [-0.2, 0) is 5.41 Å². The number of anilines is 3. The van der Waals surface area contributed by atoms with E-state index in [1.807, 2.05) is 22.7 Å². The van der Waals surface area contributed by atoms with Gasteiger partial charge in [-0.2, -0.15) is 0 Å².